The molecule has 1 aliphatic carbocycles. The Labute approximate surface area is 253 Å². The number of nitrogens with zero attached hydrogens (tertiary/aromatic N) is 6. The third-order valence-corrected chi connectivity index (χ3v) is 9.40. The Balaban J connectivity index is 1.02. The van der Waals surface area contributed by atoms with Crippen molar-refractivity contribution in [1.29, 1.82) is 0 Å². The van der Waals surface area contributed by atoms with E-state index in [1.165, 1.54) is 27.6 Å². The number of anilines is 3. The minimum atomic E-state index is -2.70. The molecule has 1 aromatic carbocycles. The Bertz CT molecular complexity index is 1590. The highest BCUT2D eigenvalue weighted by Gasteiger charge is 2.44. The third kappa shape index (κ3) is 7.00. The minimum absolute atomic E-state index is 0.0171. The van der Waals surface area contributed by atoms with E-state index in [1.54, 1.807) is 42.5 Å². The highest BCUT2D eigenvalue weighted by molar-refractivity contribution is 7.15. The van der Waals surface area contributed by atoms with Gasteiger partial charge in [0.1, 0.15) is 15.8 Å². The van der Waals surface area contributed by atoms with Crippen molar-refractivity contribution in [2.45, 2.75) is 56.0 Å². The van der Waals surface area contributed by atoms with Crippen LogP contribution in [0.4, 0.5) is 24.9 Å². The maximum atomic E-state index is 13.2. The van der Waals surface area contributed by atoms with E-state index in [-0.39, 0.29) is 37.3 Å². The number of hydrogen-bond donors (Lipinski definition) is 3. The molecule has 0 bridgehead atoms. The molecular weight excluding hydrogens is 598 g/mol. The monoisotopic (exact) mass is 626 g/mol. The topological polar surface area (TPSA) is 146 Å². The molecule has 0 radical (unpaired) electrons. The maximum absolute atomic E-state index is 13.2. The molecule has 1 saturated heterocycles. The summed E-state index contributed by atoms with van der Waals surface area (Å²) in [6, 6.07) is 13.7. The number of amides is 2. The van der Waals surface area contributed by atoms with E-state index in [4.69, 9.17) is 0 Å². The Morgan fingerprint density at radius 3 is 2.23 bits per heavy atom. The fourth-order valence-corrected chi connectivity index (χ4v) is 7.04. The first kappa shape index (κ1) is 29.1. The van der Waals surface area contributed by atoms with Gasteiger partial charge in [0.2, 0.25) is 16.2 Å². The van der Waals surface area contributed by atoms with Crippen LogP contribution < -0.4 is 15.5 Å². The summed E-state index contributed by atoms with van der Waals surface area (Å²) < 4.78 is 26.4. The number of aromatic nitrogens is 5. The lowest BCUT2D eigenvalue weighted by Crippen LogP contribution is -2.56. The summed E-state index contributed by atoms with van der Waals surface area (Å²) in [6.45, 7) is -0.748. The van der Waals surface area contributed by atoms with Gasteiger partial charge in [-0.1, -0.05) is 65.5 Å². The molecule has 224 valence electrons. The van der Waals surface area contributed by atoms with Crippen LogP contribution in [0.1, 0.15) is 64.9 Å². The van der Waals surface area contributed by atoms with Gasteiger partial charge in [-0.25, -0.2) is 13.8 Å². The molecule has 3 aromatic heterocycles. The zero-order valence-electron chi connectivity index (χ0n) is 22.8. The fraction of sp³-hybridized carbons (Fsp3) is 0.393. The molecule has 4 heterocycles. The molecule has 2 amide bonds. The van der Waals surface area contributed by atoms with Crippen LogP contribution in [0.2, 0.25) is 0 Å². The fourth-order valence-electron chi connectivity index (χ4n) is 5.24. The minimum Gasteiger partial charge on any atom is -0.378 e. The zero-order chi connectivity index (χ0) is 30.0. The number of hydrogen-bond acceptors (Lipinski definition) is 11. The molecule has 15 heteroatoms. The molecule has 3 N–H and O–H groups in total. The lowest BCUT2D eigenvalue weighted by molar-refractivity contribution is -0.124. The van der Waals surface area contributed by atoms with E-state index in [2.05, 4.69) is 36.0 Å². The number of nitrogens with one attached hydrogen (secondary N) is 2. The molecule has 4 aromatic rings. The summed E-state index contributed by atoms with van der Waals surface area (Å²) in [5.41, 5.74) is 0.975. The van der Waals surface area contributed by atoms with Crippen molar-refractivity contribution in [2.75, 3.05) is 28.6 Å². The van der Waals surface area contributed by atoms with Crippen LogP contribution in [0.15, 0.2) is 48.5 Å². The average molecular weight is 627 g/mol. The van der Waals surface area contributed by atoms with Crippen LogP contribution >= 0.6 is 22.7 Å². The van der Waals surface area contributed by atoms with Gasteiger partial charge in [0.25, 0.3) is 11.8 Å². The molecule has 43 heavy (non-hydrogen) atoms. The van der Waals surface area contributed by atoms with Gasteiger partial charge in [0.05, 0.1) is 25.2 Å². The first-order chi connectivity index (χ1) is 20.7. The van der Waals surface area contributed by atoms with Gasteiger partial charge in [-0.05, 0) is 37.0 Å². The van der Waals surface area contributed by atoms with Crippen molar-refractivity contribution < 1.29 is 23.5 Å². The van der Waals surface area contributed by atoms with Crippen LogP contribution in [0.5, 0.6) is 0 Å². The second kappa shape index (κ2) is 12.3. The van der Waals surface area contributed by atoms with Gasteiger partial charge in [0.15, 0.2) is 6.10 Å². The summed E-state index contributed by atoms with van der Waals surface area (Å²) in [7, 11) is 0. The Morgan fingerprint density at radius 2 is 1.58 bits per heavy atom. The summed E-state index contributed by atoms with van der Waals surface area (Å²) in [5.74, 6) is -2.89. The Morgan fingerprint density at radius 1 is 0.930 bits per heavy atom. The van der Waals surface area contributed by atoms with Crippen LogP contribution in [0.25, 0.3) is 0 Å². The summed E-state index contributed by atoms with van der Waals surface area (Å²) in [5, 5.41) is 35.0. The number of pyridine rings is 1. The van der Waals surface area contributed by atoms with Gasteiger partial charge in [-0.2, -0.15) is 0 Å². The first-order valence-electron chi connectivity index (χ1n) is 13.8. The van der Waals surface area contributed by atoms with Gasteiger partial charge in [-0.3, -0.25) is 14.9 Å². The SMILES string of the molecule is O=C(Cc1cccc(N2CC(F)(F)C2)n1)Nc1nnc([C@H]2CCC[C@H](c3nnc(NC(=O)[C@H](O)c4ccccc4)s3)C2)s1. The van der Waals surface area contributed by atoms with Crippen LogP contribution in [0.3, 0.4) is 0 Å². The third-order valence-electron chi connectivity index (χ3n) is 7.40. The molecule has 2 aliphatic rings. The summed E-state index contributed by atoms with van der Waals surface area (Å²) in [6.07, 6.45) is 2.27. The smallest absolute Gasteiger partial charge is 0.282 e. The summed E-state index contributed by atoms with van der Waals surface area (Å²) >= 11 is 2.63. The van der Waals surface area contributed by atoms with E-state index in [9.17, 15) is 23.5 Å². The largest absolute Gasteiger partial charge is 0.378 e. The molecule has 1 saturated carbocycles. The lowest BCUT2D eigenvalue weighted by Gasteiger charge is -2.39. The van der Waals surface area contributed by atoms with Crippen molar-refractivity contribution in [3.8, 4) is 0 Å². The summed E-state index contributed by atoms with van der Waals surface area (Å²) in [4.78, 5) is 31.0. The van der Waals surface area contributed by atoms with Gasteiger partial charge < -0.3 is 15.3 Å². The van der Waals surface area contributed by atoms with Crippen molar-refractivity contribution in [1.82, 2.24) is 25.4 Å². The van der Waals surface area contributed by atoms with Crippen molar-refractivity contribution in [3.05, 3.63) is 69.8 Å². The standard InChI is InChI=1S/C28H28F2N8O3S2/c29-28(30)14-38(15-28)20-11-5-10-19(31-20)13-21(39)32-26-36-34-24(42-26)17-8-4-9-18(12-17)25-35-37-27(43-25)33-23(41)22(40)16-6-2-1-3-7-16/h1-3,5-7,10-11,17-18,22,40H,4,8-9,12-15H2,(H,32,36,39)(H,33,37,41)/t17-,18-,22+/m0/s1. The lowest BCUT2D eigenvalue weighted by atomic mass is 9.82. The molecule has 0 unspecified atom stereocenters. The van der Waals surface area contributed by atoms with Crippen LogP contribution in [-0.4, -0.2) is 61.3 Å². The van der Waals surface area contributed by atoms with Gasteiger partial charge in [0, 0.05) is 11.8 Å². The van der Waals surface area contributed by atoms with Crippen molar-refractivity contribution in [3.63, 3.8) is 0 Å². The van der Waals surface area contributed by atoms with E-state index >= 15 is 0 Å². The Hall–Kier alpha value is -3.95. The maximum Gasteiger partial charge on any atom is 0.282 e. The molecule has 2 fully saturated rings. The number of aliphatic hydroxyl groups excluding tert-OH is 1. The number of carbonyl (C=O) groups is 2. The quantitative estimate of drug-likeness (QED) is 0.244. The first-order valence-corrected chi connectivity index (χ1v) is 15.4. The molecule has 0 spiro atoms. The second-order valence-corrected chi connectivity index (χ2v) is 12.7. The molecule has 1 aliphatic heterocycles. The number of benzene rings is 1. The average Bonchev–Trinajstić information content (AvgIpc) is 3.66. The van der Waals surface area contributed by atoms with E-state index in [0.29, 0.717) is 27.3 Å². The highest BCUT2D eigenvalue weighted by Crippen LogP contribution is 2.43. The van der Waals surface area contributed by atoms with E-state index < -0.39 is 17.9 Å². The normalized spacial score (nSPS) is 20.2. The Kier molecular flexibility index (Phi) is 8.36. The predicted molar refractivity (Wildman–Crippen MR) is 158 cm³/mol. The number of rotatable bonds is 9. The zero-order valence-corrected chi connectivity index (χ0v) is 24.5. The number of alkyl halides is 2. The highest BCUT2D eigenvalue weighted by atomic mass is 32.1. The molecular formula is C28H28F2N8O3S2. The number of halogens is 2. The van der Waals surface area contributed by atoms with Gasteiger partial charge >= 0.3 is 0 Å². The molecule has 11 nitrogen and oxygen atoms in total. The molecule has 6 rings (SSSR count). The number of carbonyl (C=O) groups excluding carboxylic acids is 2. The van der Waals surface area contributed by atoms with Gasteiger partial charge in [-0.15, -0.1) is 20.4 Å². The number of aliphatic hydroxyl groups is 1. The predicted octanol–water partition coefficient (Wildman–Crippen LogP) is 4.53. The second-order valence-electron chi connectivity index (χ2n) is 10.7. The van der Waals surface area contributed by atoms with E-state index in [1.807, 2.05) is 6.07 Å². The van der Waals surface area contributed by atoms with E-state index in [0.717, 1.165) is 35.7 Å². The van der Waals surface area contributed by atoms with Crippen LogP contribution in [0, 0.1) is 0 Å². The van der Waals surface area contributed by atoms with Crippen LogP contribution in [-0.2, 0) is 16.0 Å². The van der Waals surface area contributed by atoms with Crippen molar-refractivity contribution >= 4 is 50.6 Å². The molecule has 3 atom stereocenters. The van der Waals surface area contributed by atoms with Crippen molar-refractivity contribution in [2.24, 2.45) is 0 Å².